The topological polar surface area (TPSA) is 12.2 Å². The van der Waals surface area contributed by atoms with Gasteiger partial charge in [-0.2, -0.15) is 0 Å². The van der Waals surface area contributed by atoms with Crippen molar-refractivity contribution in [2.75, 3.05) is 26.2 Å². The second-order valence-electron chi connectivity index (χ2n) is 5.09. The summed E-state index contributed by atoms with van der Waals surface area (Å²) >= 11 is 0. The maximum atomic E-state index is 5.88. The van der Waals surface area contributed by atoms with E-state index in [0.717, 1.165) is 18.8 Å². The molecule has 2 nitrogen and oxygen atoms in total. The first-order valence-electron chi connectivity index (χ1n) is 6.71. The van der Waals surface area contributed by atoms with Crippen LogP contribution in [0.15, 0.2) is 24.3 Å². The van der Waals surface area contributed by atoms with Crippen LogP contribution in [0.3, 0.4) is 0 Å². The van der Waals surface area contributed by atoms with Gasteiger partial charge in [-0.05, 0) is 36.9 Å². The maximum Gasteiger partial charge on any atom is 0.122 e. The van der Waals surface area contributed by atoms with Gasteiger partial charge >= 0.3 is 0 Å². The van der Waals surface area contributed by atoms with Crippen LogP contribution in [0.4, 0.5) is 0 Å². The highest BCUT2D eigenvalue weighted by molar-refractivity contribution is 5.35. The Labute approximate surface area is 105 Å². The van der Waals surface area contributed by atoms with E-state index < -0.39 is 0 Å². The SMILES string of the molecule is CC(C)c1ccccc1OCCCCN1CC1. The highest BCUT2D eigenvalue weighted by Crippen LogP contribution is 2.25. The van der Waals surface area contributed by atoms with E-state index in [1.54, 1.807) is 0 Å². The van der Waals surface area contributed by atoms with Gasteiger partial charge in [0.2, 0.25) is 0 Å². The summed E-state index contributed by atoms with van der Waals surface area (Å²) < 4.78 is 5.88. The van der Waals surface area contributed by atoms with Gasteiger partial charge in [-0.1, -0.05) is 32.0 Å². The molecular weight excluding hydrogens is 210 g/mol. The molecule has 1 aliphatic heterocycles. The van der Waals surface area contributed by atoms with Crippen LogP contribution in [0, 0.1) is 0 Å². The largest absolute Gasteiger partial charge is 0.493 e. The summed E-state index contributed by atoms with van der Waals surface area (Å²) in [5.41, 5.74) is 1.32. The number of rotatable bonds is 7. The third-order valence-electron chi connectivity index (χ3n) is 3.21. The molecule has 1 aromatic carbocycles. The highest BCUT2D eigenvalue weighted by Gasteiger charge is 2.15. The zero-order valence-electron chi connectivity index (χ0n) is 11.0. The van der Waals surface area contributed by atoms with E-state index in [4.69, 9.17) is 4.74 Å². The molecule has 0 atom stereocenters. The number of hydrogen-bond donors (Lipinski definition) is 0. The average Bonchev–Trinajstić information content (AvgIpc) is 3.13. The van der Waals surface area contributed by atoms with Crippen LogP contribution in [0.1, 0.15) is 38.2 Å². The zero-order chi connectivity index (χ0) is 12.1. The van der Waals surface area contributed by atoms with Gasteiger partial charge in [-0.25, -0.2) is 0 Å². The van der Waals surface area contributed by atoms with Crippen molar-refractivity contribution in [3.8, 4) is 5.75 Å². The molecule has 0 spiro atoms. The summed E-state index contributed by atoms with van der Waals surface area (Å²) in [6.07, 6.45) is 2.41. The van der Waals surface area contributed by atoms with Crippen LogP contribution in [-0.2, 0) is 0 Å². The van der Waals surface area contributed by atoms with Crippen LogP contribution in [0.25, 0.3) is 0 Å². The fourth-order valence-corrected chi connectivity index (χ4v) is 2.00. The van der Waals surface area contributed by atoms with E-state index >= 15 is 0 Å². The predicted molar refractivity (Wildman–Crippen MR) is 71.7 cm³/mol. The van der Waals surface area contributed by atoms with Crippen LogP contribution < -0.4 is 4.74 Å². The minimum Gasteiger partial charge on any atom is -0.493 e. The monoisotopic (exact) mass is 233 g/mol. The van der Waals surface area contributed by atoms with E-state index in [-0.39, 0.29) is 0 Å². The van der Waals surface area contributed by atoms with Crippen molar-refractivity contribution >= 4 is 0 Å². The number of ether oxygens (including phenoxy) is 1. The van der Waals surface area contributed by atoms with Crippen molar-refractivity contribution in [2.24, 2.45) is 0 Å². The van der Waals surface area contributed by atoms with E-state index in [9.17, 15) is 0 Å². The molecule has 1 aromatic rings. The Kier molecular flexibility index (Phi) is 4.43. The normalized spacial score (nSPS) is 15.2. The first kappa shape index (κ1) is 12.4. The molecule has 0 aliphatic carbocycles. The highest BCUT2D eigenvalue weighted by atomic mass is 16.5. The summed E-state index contributed by atoms with van der Waals surface area (Å²) in [6.45, 7) is 9.12. The third kappa shape index (κ3) is 4.04. The first-order valence-corrected chi connectivity index (χ1v) is 6.71. The van der Waals surface area contributed by atoms with Crippen molar-refractivity contribution < 1.29 is 4.74 Å². The lowest BCUT2D eigenvalue weighted by Gasteiger charge is -2.13. The average molecular weight is 233 g/mol. The Balaban J connectivity index is 1.73. The summed E-state index contributed by atoms with van der Waals surface area (Å²) in [7, 11) is 0. The zero-order valence-corrected chi connectivity index (χ0v) is 11.0. The summed E-state index contributed by atoms with van der Waals surface area (Å²) in [5.74, 6) is 1.60. The summed E-state index contributed by atoms with van der Waals surface area (Å²) in [4.78, 5) is 2.46. The van der Waals surface area contributed by atoms with Gasteiger partial charge in [0.1, 0.15) is 5.75 Å². The van der Waals surface area contributed by atoms with Gasteiger partial charge < -0.3 is 9.64 Å². The predicted octanol–water partition coefficient (Wildman–Crippen LogP) is 3.28. The van der Waals surface area contributed by atoms with Crippen molar-refractivity contribution in [3.05, 3.63) is 29.8 Å². The molecule has 0 saturated carbocycles. The molecule has 1 aliphatic rings. The molecule has 0 radical (unpaired) electrons. The number of benzene rings is 1. The fraction of sp³-hybridized carbons (Fsp3) is 0.600. The standard InChI is InChI=1S/C15H23NO/c1-13(2)14-7-3-4-8-15(14)17-12-6-5-9-16-10-11-16/h3-4,7-8,13H,5-6,9-12H2,1-2H3. The van der Waals surface area contributed by atoms with Gasteiger partial charge in [-0.3, -0.25) is 0 Å². The van der Waals surface area contributed by atoms with Gasteiger partial charge in [-0.15, -0.1) is 0 Å². The van der Waals surface area contributed by atoms with E-state index in [1.165, 1.54) is 31.6 Å². The third-order valence-corrected chi connectivity index (χ3v) is 3.21. The molecule has 0 aromatic heterocycles. The molecule has 94 valence electrons. The molecule has 0 amide bonds. The number of para-hydroxylation sites is 1. The van der Waals surface area contributed by atoms with Crippen LogP contribution in [-0.4, -0.2) is 31.1 Å². The quantitative estimate of drug-likeness (QED) is 0.529. The lowest BCUT2D eigenvalue weighted by atomic mass is 10.0. The summed E-state index contributed by atoms with van der Waals surface area (Å²) in [6, 6.07) is 8.38. The molecule has 1 fully saturated rings. The summed E-state index contributed by atoms with van der Waals surface area (Å²) in [5, 5.41) is 0. The number of hydrogen-bond acceptors (Lipinski definition) is 2. The first-order chi connectivity index (χ1) is 8.27. The van der Waals surface area contributed by atoms with Gasteiger partial charge in [0.25, 0.3) is 0 Å². The Morgan fingerprint density at radius 1 is 1.18 bits per heavy atom. The van der Waals surface area contributed by atoms with Crippen LogP contribution >= 0.6 is 0 Å². The molecule has 1 heterocycles. The molecule has 1 saturated heterocycles. The second-order valence-corrected chi connectivity index (χ2v) is 5.09. The minimum absolute atomic E-state index is 0.531. The van der Waals surface area contributed by atoms with Crippen molar-refractivity contribution in [2.45, 2.75) is 32.6 Å². The van der Waals surface area contributed by atoms with Crippen molar-refractivity contribution in [1.82, 2.24) is 4.90 Å². The van der Waals surface area contributed by atoms with Gasteiger partial charge in [0.15, 0.2) is 0 Å². The lowest BCUT2D eigenvalue weighted by molar-refractivity contribution is 0.298. The van der Waals surface area contributed by atoms with Crippen LogP contribution in [0.2, 0.25) is 0 Å². The molecule has 2 rings (SSSR count). The number of unbranched alkanes of at least 4 members (excludes halogenated alkanes) is 1. The molecule has 0 bridgehead atoms. The van der Waals surface area contributed by atoms with E-state index in [2.05, 4.69) is 43.0 Å². The molecule has 17 heavy (non-hydrogen) atoms. The van der Waals surface area contributed by atoms with Crippen molar-refractivity contribution in [3.63, 3.8) is 0 Å². The molecule has 2 heteroatoms. The Morgan fingerprint density at radius 3 is 2.65 bits per heavy atom. The molecule has 0 unspecified atom stereocenters. The molecule has 0 N–H and O–H groups in total. The molecular formula is C15H23NO. The van der Waals surface area contributed by atoms with E-state index in [1.807, 2.05) is 0 Å². The van der Waals surface area contributed by atoms with Crippen LogP contribution in [0.5, 0.6) is 5.75 Å². The lowest BCUT2D eigenvalue weighted by Crippen LogP contribution is -2.04. The Hall–Kier alpha value is -1.02. The minimum atomic E-state index is 0.531. The number of nitrogens with zero attached hydrogens (tertiary/aromatic N) is 1. The fourth-order valence-electron chi connectivity index (χ4n) is 2.00. The Morgan fingerprint density at radius 2 is 1.94 bits per heavy atom. The van der Waals surface area contributed by atoms with Gasteiger partial charge in [0.05, 0.1) is 6.61 Å². The van der Waals surface area contributed by atoms with E-state index in [0.29, 0.717) is 5.92 Å². The van der Waals surface area contributed by atoms with Gasteiger partial charge in [0, 0.05) is 13.1 Å². The Bertz CT molecular complexity index is 345. The smallest absolute Gasteiger partial charge is 0.122 e. The van der Waals surface area contributed by atoms with Crippen molar-refractivity contribution in [1.29, 1.82) is 0 Å². The second kappa shape index (κ2) is 6.06. The maximum absolute atomic E-state index is 5.88.